The molecule has 1 aliphatic rings. The predicted octanol–water partition coefficient (Wildman–Crippen LogP) is 1.36. The minimum Gasteiger partial charge on any atom is -0.480 e. The normalized spacial score (nSPS) is 13.7. The largest absolute Gasteiger partial charge is 0.480 e. The van der Waals surface area contributed by atoms with Gasteiger partial charge in [-0.05, 0) is 11.9 Å². The van der Waals surface area contributed by atoms with E-state index in [9.17, 15) is 9.59 Å². The number of hydrogen-bond donors (Lipinski definition) is 2. The SMILES string of the molecule is CC(=O)NC(CC1=C=Nc2ccccc21)C(=O)O. The Labute approximate surface area is 104 Å². The molecular weight excluding hydrogens is 232 g/mol. The Bertz CT molecular complexity index is 571. The molecular formula is C13H12N2O3. The molecule has 1 aromatic rings. The third kappa shape index (κ3) is 2.47. The van der Waals surface area contributed by atoms with Crippen LogP contribution in [0.25, 0.3) is 5.57 Å². The molecule has 0 aliphatic carbocycles. The van der Waals surface area contributed by atoms with Crippen molar-refractivity contribution in [3.05, 3.63) is 29.8 Å². The van der Waals surface area contributed by atoms with Gasteiger partial charge < -0.3 is 10.4 Å². The van der Waals surface area contributed by atoms with Gasteiger partial charge in [0.15, 0.2) is 0 Å². The first kappa shape index (κ1) is 12.1. The molecule has 0 fully saturated rings. The predicted molar refractivity (Wildman–Crippen MR) is 66.8 cm³/mol. The molecule has 5 heteroatoms. The second-order valence-electron chi connectivity index (χ2n) is 4.01. The summed E-state index contributed by atoms with van der Waals surface area (Å²) in [7, 11) is 0. The molecule has 0 saturated carbocycles. The van der Waals surface area contributed by atoms with E-state index in [1.165, 1.54) is 6.92 Å². The molecule has 0 bridgehead atoms. The number of carboxylic acid groups (broad SMARTS) is 1. The number of para-hydroxylation sites is 1. The first-order valence-corrected chi connectivity index (χ1v) is 5.50. The van der Waals surface area contributed by atoms with Gasteiger partial charge in [0.05, 0.1) is 5.69 Å². The second-order valence-corrected chi connectivity index (χ2v) is 4.01. The van der Waals surface area contributed by atoms with Crippen LogP contribution in [0.5, 0.6) is 0 Å². The standard InChI is InChI=1S/C13H12N2O3/c1-8(16)15-12(13(17)18)6-9-7-14-11-5-3-2-4-10(9)11/h2-5,12H,6H2,1H3,(H,15,16)(H,17,18). The highest BCUT2D eigenvalue weighted by atomic mass is 16.4. The second kappa shape index (κ2) is 4.85. The summed E-state index contributed by atoms with van der Waals surface area (Å²) in [5, 5.41) is 11.4. The van der Waals surface area contributed by atoms with E-state index in [1.807, 2.05) is 24.3 Å². The summed E-state index contributed by atoms with van der Waals surface area (Å²) < 4.78 is 0. The number of benzene rings is 1. The summed E-state index contributed by atoms with van der Waals surface area (Å²) in [5.41, 5.74) is 2.35. The van der Waals surface area contributed by atoms with Crippen molar-refractivity contribution in [3.63, 3.8) is 0 Å². The van der Waals surface area contributed by atoms with Gasteiger partial charge in [-0.3, -0.25) is 4.79 Å². The van der Waals surface area contributed by atoms with E-state index in [2.05, 4.69) is 16.2 Å². The van der Waals surface area contributed by atoms with Gasteiger partial charge in [0.2, 0.25) is 5.91 Å². The molecule has 1 amide bonds. The zero-order valence-corrected chi connectivity index (χ0v) is 9.80. The summed E-state index contributed by atoms with van der Waals surface area (Å²) in [6, 6.07) is 6.46. The zero-order valence-electron chi connectivity index (χ0n) is 9.80. The van der Waals surface area contributed by atoms with E-state index in [4.69, 9.17) is 5.11 Å². The monoisotopic (exact) mass is 244 g/mol. The molecule has 1 atom stereocenters. The minimum atomic E-state index is -1.07. The molecule has 18 heavy (non-hydrogen) atoms. The highest BCUT2D eigenvalue weighted by molar-refractivity contribution is 6.00. The number of aliphatic carboxylic acids is 1. The minimum absolute atomic E-state index is 0.176. The number of carbonyl (C=O) groups is 2. The quantitative estimate of drug-likeness (QED) is 0.839. The number of rotatable bonds is 4. The lowest BCUT2D eigenvalue weighted by Crippen LogP contribution is -2.39. The lowest BCUT2D eigenvalue weighted by atomic mass is 10.00. The van der Waals surface area contributed by atoms with E-state index >= 15 is 0 Å². The third-order valence-corrected chi connectivity index (χ3v) is 2.62. The van der Waals surface area contributed by atoms with E-state index in [1.54, 1.807) is 0 Å². The van der Waals surface area contributed by atoms with Gasteiger partial charge in [-0.1, -0.05) is 18.2 Å². The molecule has 2 rings (SSSR count). The van der Waals surface area contributed by atoms with Crippen molar-refractivity contribution in [3.8, 4) is 0 Å². The van der Waals surface area contributed by atoms with Crippen LogP contribution in [0.15, 0.2) is 29.3 Å². The van der Waals surface area contributed by atoms with Crippen LogP contribution in [0.3, 0.4) is 0 Å². The Balaban J connectivity index is 2.17. The summed E-state index contributed by atoms with van der Waals surface area (Å²) in [6.07, 6.45) is 0.176. The average Bonchev–Trinajstić information content (AvgIpc) is 2.71. The van der Waals surface area contributed by atoms with Gasteiger partial charge in [-0.25, -0.2) is 9.79 Å². The molecule has 1 aromatic carbocycles. The maximum absolute atomic E-state index is 11.0. The summed E-state index contributed by atoms with van der Waals surface area (Å²) in [4.78, 5) is 26.1. The number of amides is 1. The number of hydrogen-bond acceptors (Lipinski definition) is 3. The fraction of sp³-hybridized carbons (Fsp3) is 0.231. The average molecular weight is 244 g/mol. The number of aliphatic imine (C=N–C) groups is 1. The Morgan fingerprint density at radius 3 is 2.83 bits per heavy atom. The van der Waals surface area contributed by atoms with E-state index in [0.29, 0.717) is 5.57 Å². The van der Waals surface area contributed by atoms with Crippen molar-refractivity contribution < 1.29 is 14.7 Å². The summed E-state index contributed by atoms with van der Waals surface area (Å²) in [6.45, 7) is 1.29. The van der Waals surface area contributed by atoms with Crippen LogP contribution in [0, 0.1) is 0 Å². The summed E-state index contributed by atoms with van der Waals surface area (Å²) in [5.74, 6) is 1.37. The molecule has 0 saturated heterocycles. The maximum Gasteiger partial charge on any atom is 0.326 e. The van der Waals surface area contributed by atoms with Crippen LogP contribution in [0.4, 0.5) is 5.69 Å². The van der Waals surface area contributed by atoms with Crippen LogP contribution in [0.2, 0.25) is 0 Å². The smallest absolute Gasteiger partial charge is 0.326 e. The molecule has 1 aliphatic heterocycles. The topological polar surface area (TPSA) is 78.8 Å². The highest BCUT2D eigenvalue weighted by Crippen LogP contribution is 2.31. The van der Waals surface area contributed by atoms with Crippen LogP contribution >= 0.6 is 0 Å². The molecule has 5 nitrogen and oxygen atoms in total. The number of nitrogens with zero attached hydrogens (tertiary/aromatic N) is 1. The molecule has 0 radical (unpaired) electrons. The van der Waals surface area contributed by atoms with E-state index < -0.39 is 12.0 Å². The highest BCUT2D eigenvalue weighted by Gasteiger charge is 2.23. The number of nitrogens with one attached hydrogen (secondary N) is 1. The Kier molecular flexibility index (Phi) is 3.26. The van der Waals surface area contributed by atoms with Crippen LogP contribution in [0.1, 0.15) is 18.9 Å². The first-order valence-electron chi connectivity index (χ1n) is 5.50. The van der Waals surface area contributed by atoms with Gasteiger partial charge in [0.1, 0.15) is 6.04 Å². The van der Waals surface area contributed by atoms with Crippen molar-refractivity contribution in [2.75, 3.05) is 0 Å². The van der Waals surface area contributed by atoms with E-state index in [-0.39, 0.29) is 12.3 Å². The van der Waals surface area contributed by atoms with Crippen molar-refractivity contribution in [2.45, 2.75) is 19.4 Å². The Morgan fingerprint density at radius 2 is 2.17 bits per heavy atom. The Morgan fingerprint density at radius 1 is 1.44 bits per heavy atom. The third-order valence-electron chi connectivity index (χ3n) is 2.62. The molecule has 1 heterocycles. The van der Waals surface area contributed by atoms with Crippen LogP contribution in [-0.4, -0.2) is 28.9 Å². The van der Waals surface area contributed by atoms with Crippen LogP contribution < -0.4 is 5.32 Å². The molecule has 1 unspecified atom stereocenters. The lowest BCUT2D eigenvalue weighted by Gasteiger charge is -2.13. The van der Waals surface area contributed by atoms with Gasteiger partial charge in [0, 0.05) is 24.5 Å². The van der Waals surface area contributed by atoms with Crippen LogP contribution in [-0.2, 0) is 9.59 Å². The fourth-order valence-corrected chi connectivity index (χ4v) is 1.82. The van der Waals surface area contributed by atoms with Crippen molar-refractivity contribution in [1.29, 1.82) is 0 Å². The number of fused-ring (bicyclic) bond motifs is 1. The summed E-state index contributed by atoms with van der Waals surface area (Å²) >= 11 is 0. The van der Waals surface area contributed by atoms with Gasteiger partial charge in [0.25, 0.3) is 0 Å². The molecule has 92 valence electrons. The van der Waals surface area contributed by atoms with Gasteiger partial charge in [-0.15, -0.1) is 0 Å². The molecule has 2 N–H and O–H groups in total. The van der Waals surface area contributed by atoms with Gasteiger partial charge in [-0.2, -0.15) is 0 Å². The first-order chi connectivity index (χ1) is 8.58. The van der Waals surface area contributed by atoms with Crippen molar-refractivity contribution in [2.24, 2.45) is 4.99 Å². The zero-order chi connectivity index (χ0) is 13.1. The molecule has 0 spiro atoms. The fourth-order valence-electron chi connectivity index (χ4n) is 1.82. The molecule has 0 aromatic heterocycles. The number of carbonyl (C=O) groups excluding carboxylic acids is 1. The van der Waals surface area contributed by atoms with Crippen molar-refractivity contribution in [1.82, 2.24) is 5.32 Å². The number of carboxylic acids is 1. The van der Waals surface area contributed by atoms with Gasteiger partial charge >= 0.3 is 5.97 Å². The van der Waals surface area contributed by atoms with E-state index in [0.717, 1.165) is 11.3 Å². The lowest BCUT2D eigenvalue weighted by molar-refractivity contribution is -0.141. The maximum atomic E-state index is 11.0. The Hall–Kier alpha value is -2.39. The van der Waals surface area contributed by atoms with Crippen molar-refractivity contribution >= 4 is 29.0 Å².